The molecule has 0 N–H and O–H groups in total. The van der Waals surface area contributed by atoms with Crippen molar-refractivity contribution >= 4 is 11.6 Å². The molecule has 3 aromatic heterocycles. The van der Waals surface area contributed by atoms with E-state index in [9.17, 15) is 4.79 Å². The summed E-state index contributed by atoms with van der Waals surface area (Å²) in [7, 11) is 0. The normalized spacial score (nSPS) is 17.7. The Balaban J connectivity index is 1.46. The standard InChI is InChI=1S/C18H21N5O/c1-14-10-19-22(11-14)13-16-5-4-8-23(16)18(24)9-15-12-21-7-3-2-6-17(21)20-15/h2-3,6-7,10-12,16H,4-5,8-9,13H2,1H3/t16-/m1/s1. The van der Waals surface area contributed by atoms with E-state index in [0.717, 1.165) is 42.8 Å². The predicted octanol–water partition coefficient (Wildman–Crippen LogP) is 2.07. The van der Waals surface area contributed by atoms with E-state index in [1.807, 2.05) is 63.9 Å². The summed E-state index contributed by atoms with van der Waals surface area (Å²) in [4.78, 5) is 19.3. The molecule has 0 bridgehead atoms. The van der Waals surface area contributed by atoms with Gasteiger partial charge in [-0.1, -0.05) is 6.07 Å². The van der Waals surface area contributed by atoms with Gasteiger partial charge in [0.2, 0.25) is 5.91 Å². The molecule has 1 atom stereocenters. The number of imidazole rings is 1. The number of carbonyl (C=O) groups excluding carboxylic acids is 1. The summed E-state index contributed by atoms with van der Waals surface area (Å²) in [6.45, 7) is 3.63. The van der Waals surface area contributed by atoms with Gasteiger partial charge in [-0.05, 0) is 37.5 Å². The SMILES string of the molecule is Cc1cnn(C[C@H]2CCCN2C(=O)Cc2cn3ccccc3n2)c1. The highest BCUT2D eigenvalue weighted by Crippen LogP contribution is 2.20. The third kappa shape index (κ3) is 2.91. The number of amides is 1. The summed E-state index contributed by atoms with van der Waals surface area (Å²) in [5.74, 6) is 0.157. The third-order valence-electron chi connectivity index (χ3n) is 4.60. The molecule has 1 amide bonds. The minimum Gasteiger partial charge on any atom is -0.338 e. The van der Waals surface area contributed by atoms with Crippen LogP contribution in [0.3, 0.4) is 0 Å². The molecule has 1 saturated heterocycles. The molecule has 1 aliphatic rings. The molecule has 3 aromatic rings. The van der Waals surface area contributed by atoms with Gasteiger partial charge in [0.15, 0.2) is 0 Å². The first-order valence-electron chi connectivity index (χ1n) is 8.40. The highest BCUT2D eigenvalue weighted by atomic mass is 16.2. The summed E-state index contributed by atoms with van der Waals surface area (Å²) in [6.07, 6.45) is 10.2. The van der Waals surface area contributed by atoms with Gasteiger partial charge < -0.3 is 9.30 Å². The molecule has 1 aliphatic heterocycles. The maximum absolute atomic E-state index is 12.7. The highest BCUT2D eigenvalue weighted by molar-refractivity contribution is 5.79. The molecule has 0 radical (unpaired) electrons. The van der Waals surface area contributed by atoms with Gasteiger partial charge in [-0.15, -0.1) is 0 Å². The zero-order valence-corrected chi connectivity index (χ0v) is 13.8. The Morgan fingerprint density at radius 3 is 3.04 bits per heavy atom. The van der Waals surface area contributed by atoms with Crippen LogP contribution in [0.15, 0.2) is 43.0 Å². The minimum absolute atomic E-state index is 0.157. The summed E-state index contributed by atoms with van der Waals surface area (Å²) >= 11 is 0. The van der Waals surface area contributed by atoms with Crippen LogP contribution in [0.2, 0.25) is 0 Å². The van der Waals surface area contributed by atoms with Crippen molar-refractivity contribution in [3.8, 4) is 0 Å². The molecule has 0 aromatic carbocycles. The lowest BCUT2D eigenvalue weighted by Crippen LogP contribution is -2.39. The van der Waals surface area contributed by atoms with E-state index in [4.69, 9.17) is 0 Å². The van der Waals surface area contributed by atoms with Crippen LogP contribution in [0, 0.1) is 6.92 Å². The van der Waals surface area contributed by atoms with Gasteiger partial charge in [-0.2, -0.15) is 5.10 Å². The van der Waals surface area contributed by atoms with Crippen LogP contribution < -0.4 is 0 Å². The molecular formula is C18H21N5O. The van der Waals surface area contributed by atoms with Gasteiger partial charge in [-0.3, -0.25) is 9.48 Å². The fraction of sp³-hybridized carbons (Fsp3) is 0.389. The van der Waals surface area contributed by atoms with Crippen LogP contribution in [0.4, 0.5) is 0 Å². The molecule has 0 unspecified atom stereocenters. The number of nitrogens with zero attached hydrogens (tertiary/aromatic N) is 5. The van der Waals surface area contributed by atoms with E-state index < -0.39 is 0 Å². The Kier molecular flexibility index (Phi) is 3.80. The first-order chi connectivity index (χ1) is 11.7. The lowest BCUT2D eigenvalue weighted by molar-refractivity contribution is -0.131. The number of hydrogen-bond donors (Lipinski definition) is 0. The number of likely N-dealkylation sites (tertiary alicyclic amines) is 1. The molecule has 0 aliphatic carbocycles. The molecule has 124 valence electrons. The van der Waals surface area contributed by atoms with Crippen LogP contribution in [0.1, 0.15) is 24.1 Å². The number of aromatic nitrogens is 4. The van der Waals surface area contributed by atoms with Crippen molar-refractivity contribution in [2.24, 2.45) is 0 Å². The van der Waals surface area contributed by atoms with Gasteiger partial charge in [-0.25, -0.2) is 4.98 Å². The van der Waals surface area contributed by atoms with Crippen molar-refractivity contribution in [2.75, 3.05) is 6.54 Å². The molecule has 6 nitrogen and oxygen atoms in total. The Morgan fingerprint density at radius 1 is 1.33 bits per heavy atom. The zero-order valence-electron chi connectivity index (χ0n) is 13.8. The number of fused-ring (bicyclic) bond motifs is 1. The predicted molar refractivity (Wildman–Crippen MR) is 90.6 cm³/mol. The second kappa shape index (κ2) is 6.11. The second-order valence-corrected chi connectivity index (χ2v) is 6.50. The number of pyridine rings is 1. The van der Waals surface area contributed by atoms with E-state index in [0.29, 0.717) is 6.42 Å². The minimum atomic E-state index is 0.157. The third-order valence-corrected chi connectivity index (χ3v) is 4.60. The van der Waals surface area contributed by atoms with Gasteiger partial charge in [0.1, 0.15) is 5.65 Å². The van der Waals surface area contributed by atoms with Crippen molar-refractivity contribution < 1.29 is 4.79 Å². The summed E-state index contributed by atoms with van der Waals surface area (Å²) in [5, 5.41) is 4.35. The molecule has 0 saturated carbocycles. The Labute approximate surface area is 140 Å². The van der Waals surface area contributed by atoms with E-state index in [-0.39, 0.29) is 11.9 Å². The summed E-state index contributed by atoms with van der Waals surface area (Å²) in [6, 6.07) is 6.10. The smallest absolute Gasteiger partial charge is 0.228 e. The average Bonchev–Trinajstić information content (AvgIpc) is 3.27. The first kappa shape index (κ1) is 14.9. The topological polar surface area (TPSA) is 55.4 Å². The maximum atomic E-state index is 12.7. The van der Waals surface area contributed by atoms with Crippen LogP contribution in [0.25, 0.3) is 5.65 Å². The maximum Gasteiger partial charge on any atom is 0.228 e. The largest absolute Gasteiger partial charge is 0.338 e. The molecule has 4 heterocycles. The number of carbonyl (C=O) groups is 1. The highest BCUT2D eigenvalue weighted by Gasteiger charge is 2.29. The van der Waals surface area contributed by atoms with Crippen molar-refractivity contribution in [2.45, 2.75) is 38.8 Å². The van der Waals surface area contributed by atoms with Gasteiger partial charge in [0.05, 0.1) is 30.9 Å². The van der Waals surface area contributed by atoms with Crippen LogP contribution in [-0.4, -0.2) is 42.6 Å². The molecule has 1 fully saturated rings. The fourth-order valence-corrected chi connectivity index (χ4v) is 3.47. The van der Waals surface area contributed by atoms with Gasteiger partial charge in [0.25, 0.3) is 0 Å². The molecule has 6 heteroatoms. The molecule has 24 heavy (non-hydrogen) atoms. The van der Waals surface area contributed by atoms with Gasteiger partial charge >= 0.3 is 0 Å². The Hall–Kier alpha value is -2.63. The number of aryl methyl sites for hydroxylation is 1. The van der Waals surface area contributed by atoms with Crippen molar-refractivity contribution in [3.63, 3.8) is 0 Å². The molecule has 0 spiro atoms. The van der Waals surface area contributed by atoms with E-state index in [1.165, 1.54) is 0 Å². The average molecular weight is 323 g/mol. The zero-order chi connectivity index (χ0) is 16.5. The Bertz CT molecular complexity index is 832. The van der Waals surface area contributed by atoms with E-state index >= 15 is 0 Å². The first-order valence-corrected chi connectivity index (χ1v) is 8.40. The quantitative estimate of drug-likeness (QED) is 0.738. The van der Waals surface area contributed by atoms with Crippen molar-refractivity contribution in [3.05, 3.63) is 54.2 Å². The van der Waals surface area contributed by atoms with E-state index in [1.54, 1.807) is 0 Å². The number of hydrogen-bond acceptors (Lipinski definition) is 3. The second-order valence-electron chi connectivity index (χ2n) is 6.50. The van der Waals surface area contributed by atoms with Crippen molar-refractivity contribution in [1.82, 2.24) is 24.1 Å². The lowest BCUT2D eigenvalue weighted by atomic mass is 10.2. The molecular weight excluding hydrogens is 302 g/mol. The molecule has 4 rings (SSSR count). The van der Waals surface area contributed by atoms with Crippen LogP contribution in [-0.2, 0) is 17.8 Å². The monoisotopic (exact) mass is 323 g/mol. The van der Waals surface area contributed by atoms with Crippen LogP contribution >= 0.6 is 0 Å². The fourth-order valence-electron chi connectivity index (χ4n) is 3.47. The summed E-state index contributed by atoms with van der Waals surface area (Å²) < 4.78 is 3.90. The Morgan fingerprint density at radius 2 is 2.25 bits per heavy atom. The lowest BCUT2D eigenvalue weighted by Gasteiger charge is -2.24. The summed E-state index contributed by atoms with van der Waals surface area (Å²) in [5.41, 5.74) is 2.85. The van der Waals surface area contributed by atoms with Gasteiger partial charge in [0, 0.05) is 25.1 Å². The van der Waals surface area contributed by atoms with E-state index in [2.05, 4.69) is 10.1 Å². The van der Waals surface area contributed by atoms with Crippen LogP contribution in [0.5, 0.6) is 0 Å². The van der Waals surface area contributed by atoms with Crippen molar-refractivity contribution in [1.29, 1.82) is 0 Å². The number of rotatable bonds is 4.